The fourth-order valence-electron chi connectivity index (χ4n) is 3.17. The number of carbonyl (C=O) groups is 2. The number of amides is 2. The number of furan rings is 1. The Bertz CT molecular complexity index is 767. The molecule has 1 N–H and O–H groups in total. The molecule has 1 aliphatic rings. The number of hydrogen-bond acceptors (Lipinski definition) is 3. The van der Waals surface area contributed by atoms with E-state index in [2.05, 4.69) is 5.32 Å². The van der Waals surface area contributed by atoms with Gasteiger partial charge in [0.2, 0.25) is 5.91 Å². The molecule has 1 aromatic heterocycles. The second-order valence-electron chi connectivity index (χ2n) is 6.14. The number of para-hydroxylation sites is 1. The van der Waals surface area contributed by atoms with Crippen molar-refractivity contribution in [2.45, 2.75) is 38.0 Å². The second-order valence-corrected chi connectivity index (χ2v) is 6.14. The highest BCUT2D eigenvalue weighted by Gasteiger charge is 2.48. The van der Waals surface area contributed by atoms with Crippen molar-refractivity contribution < 1.29 is 27.2 Å². The van der Waals surface area contributed by atoms with Crippen molar-refractivity contribution in [3.8, 4) is 0 Å². The minimum Gasteiger partial charge on any atom is -0.451 e. The van der Waals surface area contributed by atoms with E-state index in [1.165, 1.54) is 13.0 Å². The van der Waals surface area contributed by atoms with Gasteiger partial charge in [-0.05, 0) is 25.0 Å². The van der Waals surface area contributed by atoms with Crippen LogP contribution < -0.4 is 5.32 Å². The summed E-state index contributed by atoms with van der Waals surface area (Å²) in [6.07, 6.45) is -4.64. The summed E-state index contributed by atoms with van der Waals surface area (Å²) in [6.45, 7) is 1.08. The molecule has 0 aliphatic carbocycles. The molecule has 2 amide bonds. The van der Waals surface area contributed by atoms with Gasteiger partial charge < -0.3 is 14.6 Å². The SMILES string of the molecule is CC(=O)N[C@H]1CC[C@@H](C(F)(F)F)N(C(=O)c2cc3ccccc3o2)C1. The van der Waals surface area contributed by atoms with Crippen LogP contribution >= 0.6 is 0 Å². The summed E-state index contributed by atoms with van der Waals surface area (Å²) in [6, 6.07) is 5.86. The molecule has 1 saturated heterocycles. The summed E-state index contributed by atoms with van der Waals surface area (Å²) in [5.74, 6) is -1.31. The molecule has 1 aliphatic heterocycles. The number of benzene rings is 1. The van der Waals surface area contributed by atoms with E-state index in [0.29, 0.717) is 11.0 Å². The lowest BCUT2D eigenvalue weighted by atomic mass is 9.97. The van der Waals surface area contributed by atoms with E-state index in [0.717, 1.165) is 4.90 Å². The predicted molar refractivity (Wildman–Crippen MR) is 83.9 cm³/mol. The maximum Gasteiger partial charge on any atom is 0.408 e. The highest BCUT2D eigenvalue weighted by Crippen LogP contribution is 2.33. The standard InChI is InChI=1S/C17H17F3N2O3/c1-10(23)21-12-6-7-15(17(18,19)20)22(9-12)16(24)14-8-11-4-2-3-5-13(11)25-14/h2-5,8,12,15H,6-7,9H2,1H3,(H,21,23)/t12-,15-/m0/s1. The monoisotopic (exact) mass is 354 g/mol. The molecule has 0 saturated carbocycles. The van der Waals surface area contributed by atoms with Gasteiger partial charge in [0.1, 0.15) is 11.6 Å². The van der Waals surface area contributed by atoms with Crippen molar-refractivity contribution >= 4 is 22.8 Å². The number of likely N-dealkylation sites (tertiary alicyclic amines) is 1. The molecule has 25 heavy (non-hydrogen) atoms. The summed E-state index contributed by atoms with van der Waals surface area (Å²) in [4.78, 5) is 24.6. The molecular weight excluding hydrogens is 337 g/mol. The van der Waals surface area contributed by atoms with E-state index >= 15 is 0 Å². The molecule has 0 spiro atoms. The molecule has 0 radical (unpaired) electrons. The minimum atomic E-state index is -4.54. The molecule has 3 rings (SSSR count). The Morgan fingerprint density at radius 3 is 2.60 bits per heavy atom. The highest BCUT2D eigenvalue weighted by molar-refractivity contribution is 5.96. The Hall–Kier alpha value is -2.51. The van der Waals surface area contributed by atoms with Gasteiger partial charge in [-0.2, -0.15) is 13.2 Å². The molecule has 8 heteroatoms. The van der Waals surface area contributed by atoms with Crippen molar-refractivity contribution in [1.29, 1.82) is 0 Å². The van der Waals surface area contributed by atoms with Crippen LogP contribution in [0.5, 0.6) is 0 Å². The number of rotatable bonds is 2. The first-order valence-corrected chi connectivity index (χ1v) is 7.89. The van der Waals surface area contributed by atoms with E-state index < -0.39 is 24.2 Å². The van der Waals surface area contributed by atoms with Gasteiger partial charge in [0.25, 0.3) is 5.91 Å². The van der Waals surface area contributed by atoms with Gasteiger partial charge in [-0.3, -0.25) is 9.59 Å². The summed E-state index contributed by atoms with van der Waals surface area (Å²) in [7, 11) is 0. The maximum atomic E-state index is 13.3. The number of piperidine rings is 1. The van der Waals surface area contributed by atoms with Crippen LogP contribution in [0, 0.1) is 0 Å². The normalized spacial score (nSPS) is 21.4. The predicted octanol–water partition coefficient (Wildman–Crippen LogP) is 3.10. The lowest BCUT2D eigenvalue weighted by Gasteiger charge is -2.40. The van der Waals surface area contributed by atoms with Crippen LogP contribution in [0.1, 0.15) is 30.3 Å². The fraction of sp³-hybridized carbons (Fsp3) is 0.412. The van der Waals surface area contributed by atoms with Crippen LogP contribution in [0.15, 0.2) is 34.7 Å². The van der Waals surface area contributed by atoms with Crippen molar-refractivity contribution in [3.63, 3.8) is 0 Å². The van der Waals surface area contributed by atoms with E-state index in [-0.39, 0.29) is 31.1 Å². The van der Waals surface area contributed by atoms with Crippen LogP contribution in [0.4, 0.5) is 13.2 Å². The lowest BCUT2D eigenvalue weighted by molar-refractivity contribution is -0.184. The molecule has 0 bridgehead atoms. The fourth-order valence-corrected chi connectivity index (χ4v) is 3.17. The molecule has 2 aromatic rings. The molecule has 0 unspecified atom stereocenters. The number of carbonyl (C=O) groups excluding carboxylic acids is 2. The number of fused-ring (bicyclic) bond motifs is 1. The molecular formula is C17H17F3N2O3. The molecule has 2 heterocycles. The lowest BCUT2D eigenvalue weighted by Crippen LogP contribution is -2.58. The molecule has 1 fully saturated rings. The van der Waals surface area contributed by atoms with Gasteiger partial charge in [-0.1, -0.05) is 18.2 Å². The van der Waals surface area contributed by atoms with Crippen LogP contribution in [0.3, 0.4) is 0 Å². The van der Waals surface area contributed by atoms with Crippen LogP contribution in [-0.2, 0) is 4.79 Å². The topological polar surface area (TPSA) is 62.6 Å². The Balaban J connectivity index is 1.90. The number of nitrogens with zero attached hydrogens (tertiary/aromatic N) is 1. The van der Waals surface area contributed by atoms with Gasteiger partial charge in [0, 0.05) is 24.9 Å². The Morgan fingerprint density at radius 2 is 1.96 bits per heavy atom. The molecule has 5 nitrogen and oxygen atoms in total. The minimum absolute atomic E-state index is 0.140. The summed E-state index contributed by atoms with van der Waals surface area (Å²) >= 11 is 0. The first-order valence-electron chi connectivity index (χ1n) is 7.89. The van der Waals surface area contributed by atoms with Crippen LogP contribution in [0.2, 0.25) is 0 Å². The van der Waals surface area contributed by atoms with Crippen molar-refractivity contribution in [1.82, 2.24) is 10.2 Å². The van der Waals surface area contributed by atoms with Crippen molar-refractivity contribution in [2.75, 3.05) is 6.54 Å². The second kappa shape index (κ2) is 6.42. The Kier molecular flexibility index (Phi) is 4.45. The summed E-state index contributed by atoms with van der Waals surface area (Å²) < 4.78 is 45.5. The van der Waals surface area contributed by atoms with Gasteiger partial charge in [-0.15, -0.1) is 0 Å². The first-order chi connectivity index (χ1) is 11.8. The van der Waals surface area contributed by atoms with E-state index in [1.54, 1.807) is 24.3 Å². The largest absolute Gasteiger partial charge is 0.451 e. The smallest absolute Gasteiger partial charge is 0.408 e. The molecule has 134 valence electrons. The third-order valence-corrected chi connectivity index (χ3v) is 4.26. The van der Waals surface area contributed by atoms with E-state index in [4.69, 9.17) is 4.42 Å². The number of hydrogen-bond donors (Lipinski definition) is 1. The average molecular weight is 354 g/mol. The quantitative estimate of drug-likeness (QED) is 0.901. The van der Waals surface area contributed by atoms with Gasteiger partial charge in [0.05, 0.1) is 0 Å². The number of nitrogens with one attached hydrogen (secondary N) is 1. The van der Waals surface area contributed by atoms with Crippen LogP contribution in [-0.4, -0.2) is 41.5 Å². The number of halogens is 3. The number of alkyl halides is 3. The zero-order valence-corrected chi connectivity index (χ0v) is 13.5. The van der Waals surface area contributed by atoms with E-state index in [1.807, 2.05) is 0 Å². The Labute approximate surface area is 141 Å². The summed E-state index contributed by atoms with van der Waals surface area (Å²) in [5, 5.41) is 3.23. The third-order valence-electron chi connectivity index (χ3n) is 4.26. The average Bonchev–Trinajstić information content (AvgIpc) is 2.96. The van der Waals surface area contributed by atoms with E-state index in [9.17, 15) is 22.8 Å². The zero-order valence-electron chi connectivity index (χ0n) is 13.5. The highest BCUT2D eigenvalue weighted by atomic mass is 19.4. The Morgan fingerprint density at radius 1 is 1.24 bits per heavy atom. The van der Waals surface area contributed by atoms with Crippen molar-refractivity contribution in [2.24, 2.45) is 0 Å². The maximum absolute atomic E-state index is 13.3. The van der Waals surface area contributed by atoms with Crippen LogP contribution in [0.25, 0.3) is 11.0 Å². The van der Waals surface area contributed by atoms with Crippen molar-refractivity contribution in [3.05, 3.63) is 36.1 Å². The zero-order chi connectivity index (χ0) is 18.2. The van der Waals surface area contributed by atoms with Gasteiger partial charge >= 0.3 is 6.18 Å². The first kappa shape index (κ1) is 17.3. The molecule has 1 aromatic carbocycles. The van der Waals surface area contributed by atoms with Gasteiger partial charge in [-0.25, -0.2) is 0 Å². The molecule has 2 atom stereocenters. The summed E-state index contributed by atoms with van der Waals surface area (Å²) in [5.41, 5.74) is 0.435. The van der Waals surface area contributed by atoms with Gasteiger partial charge in [0.15, 0.2) is 5.76 Å². The third kappa shape index (κ3) is 3.62.